The first-order chi connectivity index (χ1) is 11.9. The third kappa shape index (κ3) is 5.88. The Bertz CT molecular complexity index is 669. The number of ketones is 1. The smallest absolute Gasteiger partial charge is 0.180 e. The lowest BCUT2D eigenvalue weighted by Gasteiger charge is -2.33. The summed E-state index contributed by atoms with van der Waals surface area (Å²) in [4.78, 5) is 16.7. The van der Waals surface area contributed by atoms with Gasteiger partial charge < -0.3 is 4.90 Å². The van der Waals surface area contributed by atoms with E-state index in [1.54, 1.807) is 6.20 Å². The van der Waals surface area contributed by atoms with Gasteiger partial charge >= 0.3 is 0 Å². The van der Waals surface area contributed by atoms with Crippen LogP contribution < -0.4 is 0 Å². The standard InChI is InChI=1S/C21H27N3O/c1-21(2,3)20(25)19(16-22)17-24-14-12-23(13-15-24)11-7-10-18-8-5-4-6-9-18/h4-10,17H,11-15H2,1-3H3/b10-7+,19-17?. The number of Topliss-reactive ketones (excluding diaryl/α,β-unsaturated/α-hetero) is 1. The second-order valence-electron chi connectivity index (χ2n) is 7.38. The summed E-state index contributed by atoms with van der Waals surface area (Å²) in [5, 5.41) is 9.28. The number of benzene rings is 1. The van der Waals surface area contributed by atoms with E-state index < -0.39 is 5.41 Å². The van der Waals surface area contributed by atoms with E-state index in [1.165, 1.54) is 5.56 Å². The van der Waals surface area contributed by atoms with E-state index in [4.69, 9.17) is 0 Å². The van der Waals surface area contributed by atoms with Gasteiger partial charge in [0.15, 0.2) is 5.78 Å². The number of carbonyl (C=O) groups is 1. The predicted octanol–water partition coefficient (Wildman–Crippen LogP) is 3.34. The van der Waals surface area contributed by atoms with E-state index >= 15 is 0 Å². The van der Waals surface area contributed by atoms with Gasteiger partial charge in [0.05, 0.1) is 0 Å². The van der Waals surface area contributed by atoms with Gasteiger partial charge in [0.2, 0.25) is 0 Å². The molecule has 1 aromatic carbocycles. The van der Waals surface area contributed by atoms with E-state index in [9.17, 15) is 10.1 Å². The minimum absolute atomic E-state index is 0.0942. The van der Waals surface area contributed by atoms with Crippen LogP contribution in [0.3, 0.4) is 0 Å². The summed E-state index contributed by atoms with van der Waals surface area (Å²) in [6.45, 7) is 9.98. The Morgan fingerprint density at radius 3 is 2.36 bits per heavy atom. The number of allylic oxidation sites excluding steroid dienone is 1. The Balaban J connectivity index is 1.85. The maximum Gasteiger partial charge on any atom is 0.180 e. The third-order valence-electron chi connectivity index (χ3n) is 4.24. The van der Waals surface area contributed by atoms with Gasteiger partial charge in [-0.2, -0.15) is 5.26 Å². The van der Waals surface area contributed by atoms with Gasteiger partial charge in [0.1, 0.15) is 11.6 Å². The normalized spacial score (nSPS) is 16.9. The maximum atomic E-state index is 12.3. The minimum Gasteiger partial charge on any atom is -0.374 e. The molecule has 132 valence electrons. The van der Waals surface area contributed by atoms with E-state index in [-0.39, 0.29) is 11.4 Å². The second-order valence-corrected chi connectivity index (χ2v) is 7.38. The summed E-state index contributed by atoms with van der Waals surface area (Å²) in [5.41, 5.74) is 0.944. The van der Waals surface area contributed by atoms with Crippen molar-refractivity contribution in [1.29, 1.82) is 5.26 Å². The fourth-order valence-electron chi connectivity index (χ4n) is 2.70. The van der Waals surface area contributed by atoms with Crippen LogP contribution in [0.4, 0.5) is 0 Å². The molecule has 2 rings (SSSR count). The fourth-order valence-corrected chi connectivity index (χ4v) is 2.70. The van der Waals surface area contributed by atoms with Crippen LogP contribution in [0.25, 0.3) is 6.08 Å². The van der Waals surface area contributed by atoms with Crippen LogP contribution in [0.1, 0.15) is 26.3 Å². The highest BCUT2D eigenvalue weighted by molar-refractivity contribution is 6.02. The molecule has 4 nitrogen and oxygen atoms in total. The van der Waals surface area contributed by atoms with Crippen molar-refractivity contribution in [3.05, 3.63) is 53.7 Å². The van der Waals surface area contributed by atoms with Crippen LogP contribution >= 0.6 is 0 Å². The van der Waals surface area contributed by atoms with Crippen LogP contribution in [-0.4, -0.2) is 48.3 Å². The van der Waals surface area contributed by atoms with Gasteiger partial charge in [-0.15, -0.1) is 0 Å². The summed E-state index contributed by atoms with van der Waals surface area (Å²) in [7, 11) is 0. The second kappa shape index (κ2) is 8.64. The van der Waals surface area contributed by atoms with Crippen molar-refractivity contribution in [2.24, 2.45) is 5.41 Å². The Morgan fingerprint density at radius 2 is 1.80 bits per heavy atom. The van der Waals surface area contributed by atoms with Gasteiger partial charge in [0, 0.05) is 44.3 Å². The van der Waals surface area contributed by atoms with Crippen LogP contribution in [0.2, 0.25) is 0 Å². The summed E-state index contributed by atoms with van der Waals surface area (Å²) < 4.78 is 0. The van der Waals surface area contributed by atoms with E-state index in [1.807, 2.05) is 39.0 Å². The number of hydrogen-bond donors (Lipinski definition) is 0. The number of nitriles is 1. The van der Waals surface area contributed by atoms with E-state index in [0.717, 1.165) is 32.7 Å². The number of nitrogens with zero attached hydrogens (tertiary/aromatic N) is 3. The van der Waals surface area contributed by atoms with Crippen LogP contribution in [0.5, 0.6) is 0 Å². The van der Waals surface area contributed by atoms with Crippen LogP contribution in [-0.2, 0) is 4.79 Å². The van der Waals surface area contributed by atoms with Crippen LogP contribution in [0, 0.1) is 16.7 Å². The first-order valence-corrected chi connectivity index (χ1v) is 8.75. The number of hydrogen-bond acceptors (Lipinski definition) is 4. The van der Waals surface area contributed by atoms with Crippen molar-refractivity contribution in [1.82, 2.24) is 9.80 Å². The van der Waals surface area contributed by atoms with E-state index in [0.29, 0.717) is 0 Å². The zero-order valence-corrected chi connectivity index (χ0v) is 15.4. The molecule has 4 heteroatoms. The zero-order valence-electron chi connectivity index (χ0n) is 15.4. The summed E-state index contributed by atoms with van der Waals surface area (Å²) in [6.07, 6.45) is 6.07. The molecule has 1 fully saturated rings. The van der Waals surface area contributed by atoms with Gasteiger partial charge in [-0.1, -0.05) is 63.3 Å². The molecule has 0 bridgehead atoms. The van der Waals surface area contributed by atoms with Gasteiger partial charge in [-0.3, -0.25) is 9.69 Å². The molecule has 1 saturated heterocycles. The Kier molecular flexibility index (Phi) is 6.55. The average molecular weight is 337 g/mol. The molecule has 0 unspecified atom stereocenters. The molecule has 0 amide bonds. The maximum absolute atomic E-state index is 12.3. The van der Waals surface area contributed by atoms with Crippen LogP contribution in [0.15, 0.2) is 48.2 Å². The van der Waals surface area contributed by atoms with Gasteiger partial charge in [0.25, 0.3) is 0 Å². The van der Waals surface area contributed by atoms with Gasteiger partial charge in [-0.05, 0) is 5.56 Å². The first-order valence-electron chi connectivity index (χ1n) is 8.75. The Labute approximate surface area is 151 Å². The molecule has 0 spiro atoms. The minimum atomic E-state index is -0.522. The van der Waals surface area contributed by atoms with Crippen molar-refractivity contribution >= 4 is 11.9 Å². The summed E-state index contributed by atoms with van der Waals surface area (Å²) in [6, 6.07) is 12.3. The molecule has 0 aliphatic carbocycles. The molecular formula is C21H27N3O. The lowest BCUT2D eigenvalue weighted by Crippen LogP contribution is -2.44. The van der Waals surface area contributed by atoms with Crippen molar-refractivity contribution in [3.8, 4) is 6.07 Å². The first kappa shape index (κ1) is 19.0. The van der Waals surface area contributed by atoms with Crippen molar-refractivity contribution in [2.75, 3.05) is 32.7 Å². The summed E-state index contributed by atoms with van der Waals surface area (Å²) >= 11 is 0. The third-order valence-corrected chi connectivity index (χ3v) is 4.24. The van der Waals surface area contributed by atoms with Gasteiger partial charge in [-0.25, -0.2) is 0 Å². The molecule has 0 saturated carbocycles. The molecule has 1 aliphatic rings. The highest BCUT2D eigenvalue weighted by atomic mass is 16.1. The molecule has 0 N–H and O–H groups in total. The van der Waals surface area contributed by atoms with Crippen molar-refractivity contribution < 1.29 is 4.79 Å². The molecule has 1 aliphatic heterocycles. The molecule has 0 aromatic heterocycles. The average Bonchev–Trinajstić information content (AvgIpc) is 2.60. The molecule has 1 aromatic rings. The predicted molar refractivity (Wildman–Crippen MR) is 102 cm³/mol. The number of piperazine rings is 1. The molecular weight excluding hydrogens is 310 g/mol. The lowest BCUT2D eigenvalue weighted by molar-refractivity contribution is -0.122. The quantitative estimate of drug-likeness (QED) is 0.611. The highest BCUT2D eigenvalue weighted by Gasteiger charge is 2.26. The Morgan fingerprint density at radius 1 is 1.16 bits per heavy atom. The number of rotatable bonds is 5. The highest BCUT2D eigenvalue weighted by Crippen LogP contribution is 2.20. The SMILES string of the molecule is CC(C)(C)C(=O)C(C#N)=CN1CCN(C/C=C/c2ccccc2)CC1. The topological polar surface area (TPSA) is 47.3 Å². The molecule has 0 atom stereocenters. The summed E-state index contributed by atoms with van der Waals surface area (Å²) in [5.74, 6) is -0.0942. The molecule has 0 radical (unpaired) electrons. The molecule has 25 heavy (non-hydrogen) atoms. The van der Waals surface area contributed by atoms with E-state index in [2.05, 4.69) is 40.2 Å². The largest absolute Gasteiger partial charge is 0.374 e. The Hall–Kier alpha value is -2.38. The number of carbonyl (C=O) groups excluding carboxylic acids is 1. The van der Waals surface area contributed by atoms with Crippen molar-refractivity contribution in [2.45, 2.75) is 20.8 Å². The molecule has 1 heterocycles. The fraction of sp³-hybridized carbons (Fsp3) is 0.429. The van der Waals surface area contributed by atoms with Crippen molar-refractivity contribution in [3.63, 3.8) is 0 Å². The monoisotopic (exact) mass is 337 g/mol. The zero-order chi connectivity index (χ0) is 18.3. The lowest BCUT2D eigenvalue weighted by atomic mass is 9.87.